The van der Waals surface area contributed by atoms with E-state index in [1.54, 1.807) is 6.07 Å². The molecule has 3 rings (SSSR count). The number of rotatable bonds is 2. The Morgan fingerprint density at radius 2 is 2.10 bits per heavy atom. The van der Waals surface area contributed by atoms with Gasteiger partial charge in [-0.05, 0) is 36.2 Å². The zero-order chi connectivity index (χ0) is 14.1. The Bertz CT molecular complexity index is 642. The summed E-state index contributed by atoms with van der Waals surface area (Å²) >= 11 is 0. The van der Waals surface area contributed by atoms with Crippen molar-refractivity contribution in [2.24, 2.45) is 5.73 Å². The number of nitrogens with two attached hydrogens (primary N) is 1. The second-order valence-electron chi connectivity index (χ2n) is 4.88. The van der Waals surface area contributed by atoms with Gasteiger partial charge >= 0.3 is 0 Å². The molecule has 0 bridgehead atoms. The van der Waals surface area contributed by atoms with Gasteiger partial charge in [0, 0.05) is 12.1 Å². The Labute approximate surface area is 117 Å². The molecule has 4 heteroatoms. The molecule has 0 saturated heterocycles. The van der Waals surface area contributed by atoms with Crippen molar-refractivity contribution < 1.29 is 13.9 Å². The third-order valence-corrected chi connectivity index (χ3v) is 3.44. The molecule has 104 valence electrons. The van der Waals surface area contributed by atoms with Crippen LogP contribution in [0, 0.1) is 12.7 Å². The maximum absolute atomic E-state index is 13.5. The molecule has 0 radical (unpaired) electrons. The van der Waals surface area contributed by atoms with E-state index >= 15 is 0 Å². The molecule has 1 aliphatic heterocycles. The lowest BCUT2D eigenvalue weighted by Gasteiger charge is -2.27. The molecule has 0 fully saturated rings. The van der Waals surface area contributed by atoms with E-state index in [1.165, 1.54) is 12.1 Å². The van der Waals surface area contributed by atoms with E-state index < -0.39 is 0 Å². The molecule has 0 unspecified atom stereocenters. The maximum Gasteiger partial charge on any atom is 0.169 e. The first-order valence-corrected chi connectivity index (χ1v) is 6.58. The fourth-order valence-corrected chi connectivity index (χ4v) is 2.35. The normalized spacial score (nSPS) is 17.1. The molecule has 0 amide bonds. The van der Waals surface area contributed by atoms with Crippen molar-refractivity contribution in [2.75, 3.05) is 13.2 Å². The molecule has 1 atom stereocenters. The van der Waals surface area contributed by atoms with Gasteiger partial charge in [-0.25, -0.2) is 4.39 Å². The largest absolute Gasteiger partial charge is 0.486 e. The summed E-state index contributed by atoms with van der Waals surface area (Å²) in [5.74, 6) is 1.05. The Balaban J connectivity index is 2.13. The van der Waals surface area contributed by atoms with Gasteiger partial charge in [0.05, 0.1) is 0 Å². The Kier molecular flexibility index (Phi) is 3.32. The highest BCUT2D eigenvalue weighted by molar-refractivity contribution is 5.76. The number of halogens is 1. The van der Waals surface area contributed by atoms with Crippen LogP contribution in [0.2, 0.25) is 0 Å². The maximum atomic E-state index is 13.5. The monoisotopic (exact) mass is 273 g/mol. The van der Waals surface area contributed by atoms with Gasteiger partial charge in [0.2, 0.25) is 0 Å². The number of hydrogen-bond donors (Lipinski definition) is 1. The fourth-order valence-electron chi connectivity index (χ4n) is 2.35. The average Bonchev–Trinajstić information content (AvgIpc) is 2.48. The molecule has 0 saturated carbocycles. The van der Waals surface area contributed by atoms with Gasteiger partial charge in [0.1, 0.15) is 18.5 Å². The molecular weight excluding hydrogens is 257 g/mol. The molecule has 0 aliphatic carbocycles. The van der Waals surface area contributed by atoms with Crippen LogP contribution < -0.4 is 15.2 Å². The lowest BCUT2D eigenvalue weighted by molar-refractivity contribution is 0.0976. The number of benzene rings is 2. The van der Waals surface area contributed by atoms with Crippen LogP contribution in [0.1, 0.15) is 5.56 Å². The van der Waals surface area contributed by atoms with Crippen LogP contribution in [0.3, 0.4) is 0 Å². The van der Waals surface area contributed by atoms with Crippen molar-refractivity contribution in [2.45, 2.75) is 13.0 Å². The summed E-state index contributed by atoms with van der Waals surface area (Å²) in [6.07, 6.45) is -0.169. The molecular formula is C16H16FNO2. The van der Waals surface area contributed by atoms with Crippen LogP contribution in [0.5, 0.6) is 11.5 Å². The van der Waals surface area contributed by atoms with Crippen molar-refractivity contribution in [3.05, 3.63) is 47.8 Å². The lowest BCUT2D eigenvalue weighted by Crippen LogP contribution is -2.35. The van der Waals surface area contributed by atoms with E-state index in [1.807, 2.05) is 25.1 Å². The van der Waals surface area contributed by atoms with E-state index in [4.69, 9.17) is 15.2 Å². The van der Waals surface area contributed by atoms with Crippen LogP contribution >= 0.6 is 0 Å². The van der Waals surface area contributed by atoms with Crippen molar-refractivity contribution in [1.82, 2.24) is 0 Å². The van der Waals surface area contributed by atoms with Gasteiger partial charge in [0.15, 0.2) is 11.5 Å². The molecule has 2 aromatic carbocycles. The van der Waals surface area contributed by atoms with E-state index in [2.05, 4.69) is 0 Å². The van der Waals surface area contributed by atoms with Gasteiger partial charge in [-0.15, -0.1) is 0 Å². The third kappa shape index (κ3) is 2.23. The molecule has 1 heterocycles. The predicted octanol–water partition coefficient (Wildman–Crippen LogP) is 2.90. The second-order valence-corrected chi connectivity index (χ2v) is 4.88. The van der Waals surface area contributed by atoms with E-state index in [0.29, 0.717) is 24.7 Å². The first-order chi connectivity index (χ1) is 9.69. The molecule has 2 aromatic rings. The zero-order valence-corrected chi connectivity index (χ0v) is 11.2. The molecule has 0 spiro atoms. The van der Waals surface area contributed by atoms with Gasteiger partial charge in [-0.3, -0.25) is 0 Å². The van der Waals surface area contributed by atoms with Crippen molar-refractivity contribution >= 4 is 0 Å². The number of ether oxygens (including phenoxy) is 2. The summed E-state index contributed by atoms with van der Waals surface area (Å²) < 4.78 is 25.1. The Morgan fingerprint density at radius 3 is 2.90 bits per heavy atom. The molecule has 20 heavy (non-hydrogen) atoms. The SMILES string of the molecule is Cc1ccc(F)cc1-c1cccc2c1O[C@@H](CN)CO2. The van der Waals surface area contributed by atoms with E-state index in [9.17, 15) is 4.39 Å². The van der Waals surface area contributed by atoms with Gasteiger partial charge < -0.3 is 15.2 Å². The lowest BCUT2D eigenvalue weighted by atomic mass is 9.99. The fraction of sp³-hybridized carbons (Fsp3) is 0.250. The first-order valence-electron chi connectivity index (χ1n) is 6.58. The number of aryl methyl sites for hydroxylation is 1. The summed E-state index contributed by atoms with van der Waals surface area (Å²) in [7, 11) is 0. The van der Waals surface area contributed by atoms with Crippen molar-refractivity contribution in [3.63, 3.8) is 0 Å². The highest BCUT2D eigenvalue weighted by Gasteiger charge is 2.23. The van der Waals surface area contributed by atoms with E-state index in [-0.39, 0.29) is 11.9 Å². The number of fused-ring (bicyclic) bond motifs is 1. The van der Waals surface area contributed by atoms with E-state index in [0.717, 1.165) is 16.7 Å². The standard InChI is InChI=1S/C16H16FNO2/c1-10-5-6-11(17)7-14(10)13-3-2-4-15-16(13)20-12(8-18)9-19-15/h2-7,12H,8-9,18H2,1H3/t12-/m0/s1. The highest BCUT2D eigenvalue weighted by Crippen LogP contribution is 2.41. The van der Waals surface area contributed by atoms with Gasteiger partial charge in [0.25, 0.3) is 0 Å². The summed E-state index contributed by atoms with van der Waals surface area (Å²) in [6, 6.07) is 10.4. The van der Waals surface area contributed by atoms with Crippen molar-refractivity contribution in [3.8, 4) is 22.6 Å². The minimum atomic E-state index is -0.268. The van der Waals surface area contributed by atoms with Crippen LogP contribution in [0.25, 0.3) is 11.1 Å². The quantitative estimate of drug-likeness (QED) is 0.915. The molecule has 3 nitrogen and oxygen atoms in total. The minimum absolute atomic E-state index is 0.169. The van der Waals surface area contributed by atoms with Crippen LogP contribution in [0.4, 0.5) is 4.39 Å². The molecule has 1 aliphatic rings. The van der Waals surface area contributed by atoms with Crippen molar-refractivity contribution in [1.29, 1.82) is 0 Å². The summed E-state index contributed by atoms with van der Waals surface area (Å²) in [5.41, 5.74) is 8.26. The highest BCUT2D eigenvalue weighted by atomic mass is 19.1. The molecule has 0 aromatic heterocycles. The topological polar surface area (TPSA) is 44.5 Å². The van der Waals surface area contributed by atoms with Gasteiger partial charge in [-0.2, -0.15) is 0 Å². The average molecular weight is 273 g/mol. The number of para-hydroxylation sites is 1. The first kappa shape index (κ1) is 12.9. The van der Waals surface area contributed by atoms with Crippen LogP contribution in [-0.4, -0.2) is 19.3 Å². The summed E-state index contributed by atoms with van der Waals surface area (Å²) in [4.78, 5) is 0. The summed E-state index contributed by atoms with van der Waals surface area (Å²) in [5, 5.41) is 0. The Morgan fingerprint density at radius 1 is 1.25 bits per heavy atom. The summed E-state index contributed by atoms with van der Waals surface area (Å²) in [6.45, 7) is 2.77. The predicted molar refractivity (Wildman–Crippen MR) is 75.5 cm³/mol. The minimum Gasteiger partial charge on any atom is -0.486 e. The zero-order valence-electron chi connectivity index (χ0n) is 11.2. The third-order valence-electron chi connectivity index (χ3n) is 3.44. The number of hydrogen-bond acceptors (Lipinski definition) is 3. The van der Waals surface area contributed by atoms with Crippen LogP contribution in [-0.2, 0) is 0 Å². The van der Waals surface area contributed by atoms with Gasteiger partial charge in [-0.1, -0.05) is 18.2 Å². The van der Waals surface area contributed by atoms with Crippen LogP contribution in [0.15, 0.2) is 36.4 Å². The smallest absolute Gasteiger partial charge is 0.169 e. The second kappa shape index (κ2) is 5.13. The molecule has 2 N–H and O–H groups in total. The Hall–Kier alpha value is -2.07.